The summed E-state index contributed by atoms with van der Waals surface area (Å²) < 4.78 is 1.90. The van der Waals surface area contributed by atoms with Crippen LogP contribution in [0.25, 0.3) is 5.65 Å². The van der Waals surface area contributed by atoms with Crippen molar-refractivity contribution in [3.8, 4) is 0 Å². The standard InChI is InChI=1S/C21H24N4O/c1-16-14-25-15-18(9-10-20(25)23-16)21(26)22-11-5-13-24-12-4-7-17-6-2-3-8-19(17)24/h2-3,6,8-10,14-15H,4-5,7,11-13H2,1H3,(H,22,26). The molecule has 0 fully saturated rings. The van der Waals surface area contributed by atoms with Gasteiger partial charge in [0.2, 0.25) is 0 Å². The van der Waals surface area contributed by atoms with Gasteiger partial charge in [-0.15, -0.1) is 0 Å². The summed E-state index contributed by atoms with van der Waals surface area (Å²) in [6, 6.07) is 12.4. The van der Waals surface area contributed by atoms with E-state index in [-0.39, 0.29) is 5.91 Å². The van der Waals surface area contributed by atoms with Crippen LogP contribution < -0.4 is 10.2 Å². The minimum absolute atomic E-state index is 0.0303. The number of nitrogens with zero attached hydrogens (tertiary/aromatic N) is 3. The number of anilines is 1. The number of aryl methyl sites for hydroxylation is 2. The Morgan fingerprint density at radius 2 is 2.08 bits per heavy atom. The average molecular weight is 348 g/mol. The van der Waals surface area contributed by atoms with Crippen molar-refractivity contribution in [1.82, 2.24) is 14.7 Å². The molecule has 5 nitrogen and oxygen atoms in total. The fourth-order valence-corrected chi connectivity index (χ4v) is 3.67. The zero-order valence-electron chi connectivity index (χ0n) is 15.1. The van der Waals surface area contributed by atoms with E-state index in [2.05, 4.69) is 39.5 Å². The Bertz CT molecular complexity index is 931. The van der Waals surface area contributed by atoms with E-state index in [0.29, 0.717) is 12.1 Å². The summed E-state index contributed by atoms with van der Waals surface area (Å²) in [6.45, 7) is 4.70. The predicted molar refractivity (Wildman–Crippen MR) is 104 cm³/mol. The molecule has 2 aromatic heterocycles. The molecule has 0 aliphatic carbocycles. The molecule has 0 saturated carbocycles. The van der Waals surface area contributed by atoms with Crippen LogP contribution in [0, 0.1) is 6.92 Å². The normalized spacial score (nSPS) is 13.7. The third-order valence-corrected chi connectivity index (χ3v) is 4.93. The number of imidazole rings is 1. The first-order valence-electron chi connectivity index (χ1n) is 9.27. The second kappa shape index (κ2) is 7.20. The maximum absolute atomic E-state index is 12.4. The van der Waals surface area contributed by atoms with Gasteiger partial charge in [0.25, 0.3) is 5.91 Å². The minimum Gasteiger partial charge on any atom is -0.371 e. The number of carbonyl (C=O) groups excluding carboxylic acids is 1. The van der Waals surface area contributed by atoms with Gasteiger partial charge in [-0.1, -0.05) is 18.2 Å². The van der Waals surface area contributed by atoms with Crippen LogP contribution in [0.5, 0.6) is 0 Å². The number of carbonyl (C=O) groups is 1. The molecule has 3 heterocycles. The molecule has 1 aromatic carbocycles. The number of amides is 1. The van der Waals surface area contributed by atoms with Crippen LogP contribution in [0.15, 0.2) is 48.8 Å². The SMILES string of the molecule is Cc1cn2cc(C(=O)NCCCN3CCCc4ccccc43)ccc2n1. The smallest absolute Gasteiger partial charge is 0.252 e. The number of nitrogens with one attached hydrogen (secondary N) is 1. The monoisotopic (exact) mass is 348 g/mol. The Morgan fingerprint density at radius 3 is 3.00 bits per heavy atom. The first-order valence-corrected chi connectivity index (χ1v) is 9.27. The number of hydrogen-bond donors (Lipinski definition) is 1. The lowest BCUT2D eigenvalue weighted by Gasteiger charge is -2.31. The average Bonchev–Trinajstić information content (AvgIpc) is 3.04. The quantitative estimate of drug-likeness (QED) is 0.720. The lowest BCUT2D eigenvalue weighted by atomic mass is 10.0. The molecule has 1 amide bonds. The summed E-state index contributed by atoms with van der Waals surface area (Å²) in [5.74, 6) is -0.0303. The highest BCUT2D eigenvalue weighted by atomic mass is 16.1. The number of pyridine rings is 1. The van der Waals surface area contributed by atoms with E-state index in [4.69, 9.17) is 0 Å². The van der Waals surface area contributed by atoms with E-state index in [1.165, 1.54) is 24.1 Å². The zero-order chi connectivity index (χ0) is 17.9. The van der Waals surface area contributed by atoms with E-state index >= 15 is 0 Å². The zero-order valence-corrected chi connectivity index (χ0v) is 15.1. The summed E-state index contributed by atoms with van der Waals surface area (Å²) in [4.78, 5) is 19.2. The molecule has 1 aliphatic rings. The maximum Gasteiger partial charge on any atom is 0.252 e. The van der Waals surface area contributed by atoms with Crippen LogP contribution >= 0.6 is 0 Å². The van der Waals surface area contributed by atoms with E-state index < -0.39 is 0 Å². The molecule has 1 N–H and O–H groups in total. The second-order valence-electron chi connectivity index (χ2n) is 6.89. The number of rotatable bonds is 5. The Balaban J connectivity index is 1.31. The summed E-state index contributed by atoms with van der Waals surface area (Å²) >= 11 is 0. The van der Waals surface area contributed by atoms with Crippen molar-refractivity contribution in [2.24, 2.45) is 0 Å². The van der Waals surface area contributed by atoms with Crippen LogP contribution in [-0.2, 0) is 6.42 Å². The number of aromatic nitrogens is 2. The largest absolute Gasteiger partial charge is 0.371 e. The van der Waals surface area contributed by atoms with Crippen LogP contribution in [0.4, 0.5) is 5.69 Å². The van der Waals surface area contributed by atoms with Gasteiger partial charge in [0.15, 0.2) is 0 Å². The van der Waals surface area contributed by atoms with Crippen molar-refractivity contribution in [1.29, 1.82) is 0 Å². The van der Waals surface area contributed by atoms with Crippen molar-refractivity contribution < 1.29 is 4.79 Å². The van der Waals surface area contributed by atoms with Gasteiger partial charge in [0.05, 0.1) is 11.3 Å². The van der Waals surface area contributed by atoms with Crippen LogP contribution in [0.1, 0.15) is 34.5 Å². The fourth-order valence-electron chi connectivity index (χ4n) is 3.67. The van der Waals surface area contributed by atoms with Gasteiger partial charge in [0, 0.05) is 37.7 Å². The number of hydrogen-bond acceptors (Lipinski definition) is 3. The van der Waals surface area contributed by atoms with Crippen LogP contribution in [0.2, 0.25) is 0 Å². The Labute approximate surface area is 153 Å². The Hall–Kier alpha value is -2.82. The third-order valence-electron chi connectivity index (χ3n) is 4.93. The second-order valence-corrected chi connectivity index (χ2v) is 6.89. The highest BCUT2D eigenvalue weighted by Crippen LogP contribution is 2.26. The van der Waals surface area contributed by atoms with Gasteiger partial charge in [0.1, 0.15) is 5.65 Å². The van der Waals surface area contributed by atoms with E-state index in [0.717, 1.165) is 30.9 Å². The number of para-hydroxylation sites is 1. The molecular weight excluding hydrogens is 324 g/mol. The molecule has 0 spiro atoms. The van der Waals surface area contributed by atoms with E-state index in [1.54, 1.807) is 0 Å². The third kappa shape index (κ3) is 3.43. The molecule has 3 aromatic rings. The maximum atomic E-state index is 12.4. The molecule has 26 heavy (non-hydrogen) atoms. The Morgan fingerprint density at radius 1 is 1.19 bits per heavy atom. The highest BCUT2D eigenvalue weighted by molar-refractivity contribution is 5.94. The molecule has 134 valence electrons. The summed E-state index contributed by atoms with van der Waals surface area (Å²) in [7, 11) is 0. The molecule has 1 aliphatic heterocycles. The van der Waals surface area contributed by atoms with Gasteiger partial charge in [-0.25, -0.2) is 4.98 Å². The fraction of sp³-hybridized carbons (Fsp3) is 0.333. The Kier molecular flexibility index (Phi) is 4.61. The molecule has 0 bridgehead atoms. The molecule has 0 saturated heterocycles. The van der Waals surface area contributed by atoms with Crippen molar-refractivity contribution in [3.05, 3.63) is 65.6 Å². The van der Waals surface area contributed by atoms with Crippen molar-refractivity contribution >= 4 is 17.2 Å². The van der Waals surface area contributed by atoms with E-state index in [9.17, 15) is 4.79 Å². The molecule has 0 unspecified atom stereocenters. The van der Waals surface area contributed by atoms with Gasteiger partial charge in [-0.2, -0.15) is 0 Å². The summed E-state index contributed by atoms with van der Waals surface area (Å²) in [6.07, 6.45) is 7.07. The molecule has 5 heteroatoms. The summed E-state index contributed by atoms with van der Waals surface area (Å²) in [5.41, 5.74) is 5.27. The van der Waals surface area contributed by atoms with E-state index in [1.807, 2.05) is 35.9 Å². The first kappa shape index (κ1) is 16.6. The lowest BCUT2D eigenvalue weighted by Crippen LogP contribution is -2.33. The highest BCUT2D eigenvalue weighted by Gasteiger charge is 2.15. The van der Waals surface area contributed by atoms with Crippen molar-refractivity contribution in [2.75, 3.05) is 24.5 Å². The molecule has 0 atom stereocenters. The molecular formula is C21H24N4O. The molecule has 0 radical (unpaired) electrons. The van der Waals surface area contributed by atoms with Gasteiger partial charge in [-0.05, 0) is 49.9 Å². The lowest BCUT2D eigenvalue weighted by molar-refractivity contribution is 0.0953. The molecule has 4 rings (SSSR count). The minimum atomic E-state index is -0.0303. The number of benzene rings is 1. The topological polar surface area (TPSA) is 49.6 Å². The summed E-state index contributed by atoms with van der Waals surface area (Å²) in [5, 5.41) is 3.03. The first-order chi connectivity index (χ1) is 12.7. The van der Waals surface area contributed by atoms with Gasteiger partial charge < -0.3 is 14.6 Å². The van der Waals surface area contributed by atoms with Gasteiger partial charge in [-0.3, -0.25) is 4.79 Å². The van der Waals surface area contributed by atoms with Gasteiger partial charge >= 0.3 is 0 Å². The number of fused-ring (bicyclic) bond motifs is 2. The van der Waals surface area contributed by atoms with Crippen LogP contribution in [0.3, 0.4) is 0 Å². The van der Waals surface area contributed by atoms with Crippen molar-refractivity contribution in [3.63, 3.8) is 0 Å². The van der Waals surface area contributed by atoms with Crippen molar-refractivity contribution in [2.45, 2.75) is 26.2 Å². The van der Waals surface area contributed by atoms with Crippen LogP contribution in [-0.4, -0.2) is 34.9 Å². The predicted octanol–water partition coefficient (Wildman–Crippen LogP) is 3.22.